The van der Waals surface area contributed by atoms with Gasteiger partial charge in [-0.2, -0.15) is 0 Å². The van der Waals surface area contributed by atoms with Gasteiger partial charge in [0.1, 0.15) is 0 Å². The van der Waals surface area contributed by atoms with Gasteiger partial charge in [-0.3, -0.25) is 0 Å². The molecule has 0 aliphatic carbocycles. The Morgan fingerprint density at radius 3 is 1.94 bits per heavy atom. The molecule has 0 aromatic heterocycles. The van der Waals surface area contributed by atoms with Crippen molar-refractivity contribution in [3.05, 3.63) is 0 Å². The lowest BCUT2D eigenvalue weighted by molar-refractivity contribution is 0.147. The summed E-state index contributed by atoms with van der Waals surface area (Å²) in [5.74, 6) is 0.884. The lowest BCUT2D eigenvalue weighted by atomic mass is 9.99. The highest BCUT2D eigenvalue weighted by molar-refractivity contribution is 4.57. The second-order valence-electron chi connectivity index (χ2n) is 5.30. The summed E-state index contributed by atoms with van der Waals surface area (Å²) in [6.45, 7) is 6.81. The first-order valence-electron chi connectivity index (χ1n) is 7.38. The Kier molecular flexibility index (Phi) is 11.4. The second kappa shape index (κ2) is 11.4. The minimum Gasteiger partial charge on any atom is -0.393 e. The molecular weight excluding hydrogens is 196 g/mol. The zero-order valence-electron chi connectivity index (χ0n) is 11.7. The number of unbranched alkanes of at least 4 members (excludes halogenated alkanes) is 4. The molecule has 98 valence electrons. The third kappa shape index (κ3) is 10.5. The van der Waals surface area contributed by atoms with E-state index in [9.17, 15) is 5.11 Å². The minimum atomic E-state index is -0.0323. The fourth-order valence-corrected chi connectivity index (χ4v) is 2.03. The van der Waals surface area contributed by atoms with E-state index in [4.69, 9.17) is 0 Å². The van der Waals surface area contributed by atoms with Gasteiger partial charge in [-0.15, -0.1) is 0 Å². The van der Waals surface area contributed by atoms with Gasteiger partial charge in [-0.1, -0.05) is 72.1 Å². The normalized spacial score (nSPS) is 15.0. The fraction of sp³-hybridized carbons (Fsp3) is 1.00. The van der Waals surface area contributed by atoms with Gasteiger partial charge in [-0.25, -0.2) is 0 Å². The van der Waals surface area contributed by atoms with Crippen LogP contribution in [0.3, 0.4) is 0 Å². The van der Waals surface area contributed by atoms with Crippen molar-refractivity contribution in [1.29, 1.82) is 0 Å². The fourth-order valence-electron chi connectivity index (χ4n) is 2.03. The van der Waals surface area contributed by atoms with Crippen molar-refractivity contribution in [2.24, 2.45) is 5.92 Å². The molecule has 0 bridgehead atoms. The van der Waals surface area contributed by atoms with Gasteiger partial charge in [0.15, 0.2) is 0 Å². The Labute approximate surface area is 103 Å². The van der Waals surface area contributed by atoms with E-state index in [-0.39, 0.29) is 6.10 Å². The largest absolute Gasteiger partial charge is 0.393 e. The molecule has 0 fully saturated rings. The van der Waals surface area contributed by atoms with E-state index in [1.807, 2.05) is 0 Å². The molecule has 2 atom stereocenters. The van der Waals surface area contributed by atoms with Crippen LogP contribution in [0.4, 0.5) is 0 Å². The van der Waals surface area contributed by atoms with Gasteiger partial charge >= 0.3 is 0 Å². The molecule has 0 aliphatic rings. The number of hydrogen-bond donors (Lipinski definition) is 1. The Morgan fingerprint density at radius 1 is 0.812 bits per heavy atom. The number of aliphatic hydroxyl groups is 1. The first-order valence-corrected chi connectivity index (χ1v) is 7.38. The summed E-state index contributed by atoms with van der Waals surface area (Å²) in [6, 6.07) is 0. The van der Waals surface area contributed by atoms with E-state index in [1.165, 1.54) is 51.4 Å². The molecule has 0 spiro atoms. The molecule has 0 heterocycles. The molecule has 2 unspecified atom stereocenters. The van der Waals surface area contributed by atoms with Crippen LogP contribution >= 0.6 is 0 Å². The van der Waals surface area contributed by atoms with E-state index >= 15 is 0 Å². The lowest BCUT2D eigenvalue weighted by Gasteiger charge is -2.11. The van der Waals surface area contributed by atoms with Gasteiger partial charge in [0.25, 0.3) is 0 Å². The van der Waals surface area contributed by atoms with Crippen LogP contribution in [-0.4, -0.2) is 11.2 Å². The number of hydrogen-bond acceptors (Lipinski definition) is 1. The molecule has 1 N–H and O–H groups in total. The summed E-state index contributed by atoms with van der Waals surface area (Å²) in [7, 11) is 0. The molecule has 1 heteroatoms. The van der Waals surface area contributed by atoms with Crippen LogP contribution in [0.2, 0.25) is 0 Å². The smallest absolute Gasteiger partial charge is 0.0540 e. The Balaban J connectivity index is 3.17. The Hall–Kier alpha value is -0.0400. The molecule has 0 aromatic rings. The molecule has 0 aliphatic heterocycles. The van der Waals surface area contributed by atoms with E-state index in [0.717, 1.165) is 18.8 Å². The number of aliphatic hydroxyl groups excluding tert-OH is 1. The summed E-state index contributed by atoms with van der Waals surface area (Å²) in [4.78, 5) is 0. The van der Waals surface area contributed by atoms with Crippen molar-refractivity contribution in [2.75, 3.05) is 0 Å². The van der Waals surface area contributed by atoms with E-state index in [2.05, 4.69) is 20.8 Å². The summed E-state index contributed by atoms with van der Waals surface area (Å²) >= 11 is 0. The molecule has 16 heavy (non-hydrogen) atoms. The van der Waals surface area contributed by atoms with Crippen molar-refractivity contribution >= 4 is 0 Å². The maximum atomic E-state index is 9.73. The minimum absolute atomic E-state index is 0.0323. The summed E-state index contributed by atoms with van der Waals surface area (Å²) < 4.78 is 0. The zero-order valence-corrected chi connectivity index (χ0v) is 11.7. The van der Waals surface area contributed by atoms with Crippen LogP contribution in [0.15, 0.2) is 0 Å². The van der Waals surface area contributed by atoms with E-state index < -0.39 is 0 Å². The molecule has 0 rings (SSSR count). The predicted molar refractivity (Wildman–Crippen MR) is 72.7 cm³/mol. The average molecular weight is 228 g/mol. The van der Waals surface area contributed by atoms with Crippen LogP contribution in [0.5, 0.6) is 0 Å². The van der Waals surface area contributed by atoms with Crippen LogP contribution in [0.25, 0.3) is 0 Å². The van der Waals surface area contributed by atoms with Crippen LogP contribution < -0.4 is 0 Å². The van der Waals surface area contributed by atoms with Gasteiger partial charge in [0.05, 0.1) is 6.10 Å². The molecule has 1 nitrogen and oxygen atoms in total. The van der Waals surface area contributed by atoms with E-state index in [0.29, 0.717) is 0 Å². The van der Waals surface area contributed by atoms with Crippen LogP contribution in [0, 0.1) is 5.92 Å². The summed E-state index contributed by atoms with van der Waals surface area (Å²) in [5, 5.41) is 9.73. The molecule has 0 amide bonds. The van der Waals surface area contributed by atoms with Crippen LogP contribution in [0.1, 0.15) is 85.0 Å². The quantitative estimate of drug-likeness (QED) is 0.497. The predicted octanol–water partition coefficient (Wildman–Crippen LogP) is 4.92. The summed E-state index contributed by atoms with van der Waals surface area (Å²) in [5.41, 5.74) is 0. The van der Waals surface area contributed by atoms with E-state index in [1.54, 1.807) is 0 Å². The third-order valence-electron chi connectivity index (χ3n) is 3.57. The van der Waals surface area contributed by atoms with Gasteiger partial charge in [0, 0.05) is 0 Å². The zero-order chi connectivity index (χ0) is 12.2. The summed E-state index contributed by atoms with van der Waals surface area (Å²) in [6.07, 6.45) is 12.2. The number of rotatable bonds is 11. The van der Waals surface area contributed by atoms with Crippen molar-refractivity contribution < 1.29 is 5.11 Å². The molecule has 0 aromatic carbocycles. The topological polar surface area (TPSA) is 20.2 Å². The molecule has 0 radical (unpaired) electrons. The van der Waals surface area contributed by atoms with Crippen molar-refractivity contribution in [3.8, 4) is 0 Å². The maximum absolute atomic E-state index is 9.73. The van der Waals surface area contributed by atoms with Gasteiger partial charge in [0.2, 0.25) is 0 Å². The average Bonchev–Trinajstić information content (AvgIpc) is 2.28. The first-order chi connectivity index (χ1) is 7.70. The maximum Gasteiger partial charge on any atom is 0.0540 e. The third-order valence-corrected chi connectivity index (χ3v) is 3.57. The highest BCUT2D eigenvalue weighted by Gasteiger charge is 2.03. The Morgan fingerprint density at radius 2 is 1.38 bits per heavy atom. The van der Waals surface area contributed by atoms with Crippen molar-refractivity contribution in [1.82, 2.24) is 0 Å². The monoisotopic (exact) mass is 228 g/mol. The molecule has 0 saturated heterocycles. The van der Waals surface area contributed by atoms with Crippen molar-refractivity contribution in [2.45, 2.75) is 91.1 Å². The second-order valence-corrected chi connectivity index (χ2v) is 5.30. The van der Waals surface area contributed by atoms with Gasteiger partial charge < -0.3 is 5.11 Å². The SMILES string of the molecule is CCCCCC(O)CCCCCC(C)CC. The van der Waals surface area contributed by atoms with Crippen molar-refractivity contribution in [3.63, 3.8) is 0 Å². The van der Waals surface area contributed by atoms with Gasteiger partial charge in [-0.05, 0) is 18.8 Å². The molecular formula is C15H32O. The highest BCUT2D eigenvalue weighted by atomic mass is 16.3. The lowest BCUT2D eigenvalue weighted by Crippen LogP contribution is -2.05. The van der Waals surface area contributed by atoms with Crippen LogP contribution in [-0.2, 0) is 0 Å². The molecule has 0 saturated carbocycles. The highest BCUT2D eigenvalue weighted by Crippen LogP contribution is 2.15. The Bertz CT molecular complexity index is 133. The standard InChI is InChI=1S/C15H32O/c1-4-6-8-12-15(16)13-10-7-9-11-14(3)5-2/h14-16H,4-13H2,1-3H3. The first kappa shape index (κ1) is 16.0.